The Bertz CT molecular complexity index is 434. The number of aryl methyl sites for hydroxylation is 1. The molecule has 1 heterocycles. The summed E-state index contributed by atoms with van der Waals surface area (Å²) in [6.45, 7) is 3.87. The van der Waals surface area contributed by atoms with Crippen LogP contribution in [0, 0.1) is 6.92 Å². The molecule has 1 aromatic carbocycles. The molecule has 0 saturated carbocycles. The lowest BCUT2D eigenvalue weighted by atomic mass is 10.1. The number of halogens is 2. The van der Waals surface area contributed by atoms with Gasteiger partial charge in [0.25, 0.3) is 0 Å². The Hall–Kier alpha value is -0.970. The molecule has 6 heteroatoms. The summed E-state index contributed by atoms with van der Waals surface area (Å²) < 4.78 is 0. The maximum Gasteiger partial charge on any atom is 0.319 e. The molecule has 19 heavy (non-hydrogen) atoms. The van der Waals surface area contributed by atoms with Gasteiger partial charge >= 0.3 is 6.03 Å². The zero-order chi connectivity index (χ0) is 13.0. The highest BCUT2D eigenvalue weighted by molar-refractivity contribution is 6.33. The van der Waals surface area contributed by atoms with Crippen LogP contribution >= 0.6 is 24.0 Å². The van der Waals surface area contributed by atoms with Gasteiger partial charge in [-0.05, 0) is 50.6 Å². The van der Waals surface area contributed by atoms with Gasteiger partial charge in [-0.15, -0.1) is 12.4 Å². The van der Waals surface area contributed by atoms with Crippen LogP contribution in [0.1, 0.15) is 18.4 Å². The number of hydrogen-bond acceptors (Lipinski definition) is 2. The van der Waals surface area contributed by atoms with Gasteiger partial charge in [0, 0.05) is 6.04 Å². The second kappa shape index (κ2) is 7.58. The lowest BCUT2D eigenvalue weighted by molar-refractivity contribution is 0.245. The lowest BCUT2D eigenvalue weighted by Gasteiger charge is -2.23. The van der Waals surface area contributed by atoms with Crippen LogP contribution in [-0.4, -0.2) is 25.2 Å². The zero-order valence-corrected chi connectivity index (χ0v) is 12.4. The minimum atomic E-state index is -0.186. The van der Waals surface area contributed by atoms with E-state index < -0.39 is 0 Å². The molecule has 106 valence electrons. The van der Waals surface area contributed by atoms with Gasteiger partial charge in [-0.25, -0.2) is 4.79 Å². The van der Waals surface area contributed by atoms with E-state index in [1.54, 1.807) is 6.07 Å². The fraction of sp³-hybridized carbons (Fsp3) is 0.462. The molecular formula is C13H19Cl2N3O. The van der Waals surface area contributed by atoms with Gasteiger partial charge in [0.1, 0.15) is 0 Å². The smallest absolute Gasteiger partial charge is 0.319 e. The Morgan fingerprint density at radius 3 is 2.74 bits per heavy atom. The molecule has 0 radical (unpaired) electrons. The maximum absolute atomic E-state index is 11.8. The van der Waals surface area contributed by atoms with Crippen LogP contribution in [0.3, 0.4) is 0 Å². The first kappa shape index (κ1) is 16.1. The third-order valence-corrected chi connectivity index (χ3v) is 3.37. The minimum absolute atomic E-state index is 0. The SMILES string of the molecule is Cc1ccc(Cl)c(NC(=O)NC2CCNCC2)c1.Cl. The van der Waals surface area contributed by atoms with E-state index in [0.717, 1.165) is 31.5 Å². The number of anilines is 1. The number of amides is 2. The van der Waals surface area contributed by atoms with E-state index in [4.69, 9.17) is 11.6 Å². The van der Waals surface area contributed by atoms with Crippen molar-refractivity contribution in [3.05, 3.63) is 28.8 Å². The van der Waals surface area contributed by atoms with Crippen LogP contribution < -0.4 is 16.0 Å². The molecule has 1 fully saturated rings. The number of carbonyl (C=O) groups excluding carboxylic acids is 1. The highest BCUT2D eigenvalue weighted by Crippen LogP contribution is 2.22. The Morgan fingerprint density at radius 1 is 1.37 bits per heavy atom. The summed E-state index contributed by atoms with van der Waals surface area (Å²) in [6, 6.07) is 5.63. The highest BCUT2D eigenvalue weighted by atomic mass is 35.5. The molecule has 1 aliphatic heterocycles. The van der Waals surface area contributed by atoms with Crippen molar-refractivity contribution in [2.24, 2.45) is 0 Å². The molecule has 1 saturated heterocycles. The van der Waals surface area contributed by atoms with Gasteiger partial charge in [-0.3, -0.25) is 0 Å². The van der Waals surface area contributed by atoms with Crippen LogP contribution in [0.4, 0.5) is 10.5 Å². The number of carbonyl (C=O) groups is 1. The molecule has 1 aromatic rings. The van der Waals surface area contributed by atoms with E-state index in [2.05, 4.69) is 16.0 Å². The first-order valence-corrected chi connectivity index (χ1v) is 6.57. The predicted molar refractivity (Wildman–Crippen MR) is 81.5 cm³/mol. The van der Waals surface area contributed by atoms with E-state index in [-0.39, 0.29) is 24.5 Å². The van der Waals surface area contributed by atoms with Gasteiger partial charge in [0.05, 0.1) is 10.7 Å². The summed E-state index contributed by atoms with van der Waals surface area (Å²) in [5.41, 5.74) is 1.72. The number of benzene rings is 1. The van der Waals surface area contributed by atoms with Crippen molar-refractivity contribution in [3.63, 3.8) is 0 Å². The monoisotopic (exact) mass is 303 g/mol. The molecule has 0 aromatic heterocycles. The topological polar surface area (TPSA) is 53.2 Å². The van der Waals surface area contributed by atoms with E-state index in [9.17, 15) is 4.79 Å². The molecule has 2 amide bonds. The van der Waals surface area contributed by atoms with Crippen molar-refractivity contribution < 1.29 is 4.79 Å². The van der Waals surface area contributed by atoms with Crippen molar-refractivity contribution in [1.82, 2.24) is 10.6 Å². The summed E-state index contributed by atoms with van der Waals surface area (Å²) in [4.78, 5) is 11.8. The first-order valence-electron chi connectivity index (χ1n) is 6.19. The molecule has 0 atom stereocenters. The van der Waals surface area contributed by atoms with Gasteiger partial charge in [0.2, 0.25) is 0 Å². The molecular weight excluding hydrogens is 285 g/mol. The summed E-state index contributed by atoms with van der Waals surface area (Å²) in [5.74, 6) is 0. The molecule has 0 unspecified atom stereocenters. The quantitative estimate of drug-likeness (QED) is 0.787. The minimum Gasteiger partial charge on any atom is -0.335 e. The molecule has 3 N–H and O–H groups in total. The first-order chi connectivity index (χ1) is 8.65. The second-order valence-corrected chi connectivity index (χ2v) is 5.01. The average Bonchev–Trinajstić information content (AvgIpc) is 2.35. The van der Waals surface area contributed by atoms with Crippen molar-refractivity contribution in [3.8, 4) is 0 Å². The number of nitrogens with one attached hydrogen (secondary N) is 3. The van der Waals surface area contributed by atoms with Crippen LogP contribution in [0.2, 0.25) is 5.02 Å². The number of hydrogen-bond donors (Lipinski definition) is 3. The predicted octanol–water partition coefficient (Wildman–Crippen LogP) is 2.94. The Labute approximate surface area is 124 Å². The van der Waals surface area contributed by atoms with Gasteiger partial charge in [-0.2, -0.15) is 0 Å². The number of rotatable bonds is 2. The normalized spacial score (nSPS) is 15.5. The Kier molecular flexibility index (Phi) is 6.42. The number of urea groups is 1. The van der Waals surface area contributed by atoms with E-state index in [1.165, 1.54) is 0 Å². The van der Waals surface area contributed by atoms with E-state index in [1.807, 2.05) is 19.1 Å². The molecule has 4 nitrogen and oxygen atoms in total. The van der Waals surface area contributed by atoms with Crippen LogP contribution in [0.25, 0.3) is 0 Å². The summed E-state index contributed by atoms with van der Waals surface area (Å²) >= 11 is 6.03. The molecule has 0 bridgehead atoms. The molecule has 0 aliphatic carbocycles. The highest BCUT2D eigenvalue weighted by Gasteiger charge is 2.15. The third kappa shape index (κ3) is 4.90. The Morgan fingerprint density at radius 2 is 2.05 bits per heavy atom. The van der Waals surface area contributed by atoms with Crippen molar-refractivity contribution in [2.45, 2.75) is 25.8 Å². The van der Waals surface area contributed by atoms with Gasteiger partial charge in [0.15, 0.2) is 0 Å². The lowest BCUT2D eigenvalue weighted by Crippen LogP contribution is -2.44. The fourth-order valence-corrected chi connectivity index (χ4v) is 2.21. The van der Waals surface area contributed by atoms with Crippen molar-refractivity contribution in [2.75, 3.05) is 18.4 Å². The average molecular weight is 304 g/mol. The molecule has 0 spiro atoms. The van der Waals surface area contributed by atoms with Crippen LogP contribution in [0.15, 0.2) is 18.2 Å². The van der Waals surface area contributed by atoms with Crippen LogP contribution in [0.5, 0.6) is 0 Å². The molecule has 1 aliphatic rings. The van der Waals surface area contributed by atoms with E-state index >= 15 is 0 Å². The Balaban J connectivity index is 0.00000180. The summed E-state index contributed by atoms with van der Waals surface area (Å²) in [5, 5.41) is 9.58. The van der Waals surface area contributed by atoms with Gasteiger partial charge < -0.3 is 16.0 Å². The summed E-state index contributed by atoms with van der Waals surface area (Å²) in [7, 11) is 0. The third-order valence-electron chi connectivity index (χ3n) is 3.04. The fourth-order valence-electron chi connectivity index (χ4n) is 2.04. The maximum atomic E-state index is 11.8. The van der Waals surface area contributed by atoms with Crippen molar-refractivity contribution in [1.29, 1.82) is 0 Å². The van der Waals surface area contributed by atoms with Crippen molar-refractivity contribution >= 4 is 35.7 Å². The standard InChI is InChI=1S/C13H18ClN3O.ClH/c1-9-2-3-11(14)12(8-9)17-13(18)16-10-4-6-15-7-5-10;/h2-3,8,10,15H,4-7H2,1H3,(H2,16,17,18);1H. The largest absolute Gasteiger partial charge is 0.335 e. The van der Waals surface area contributed by atoms with Gasteiger partial charge in [-0.1, -0.05) is 17.7 Å². The zero-order valence-electron chi connectivity index (χ0n) is 10.8. The van der Waals surface area contributed by atoms with E-state index in [0.29, 0.717) is 10.7 Å². The molecule has 2 rings (SSSR count). The second-order valence-electron chi connectivity index (χ2n) is 4.61. The summed E-state index contributed by atoms with van der Waals surface area (Å²) in [6.07, 6.45) is 1.93. The van der Waals surface area contributed by atoms with Crippen LogP contribution in [-0.2, 0) is 0 Å². The number of piperidine rings is 1.